The summed E-state index contributed by atoms with van der Waals surface area (Å²) >= 11 is 0. The second-order valence-corrected chi connectivity index (χ2v) is 8.03. The van der Waals surface area contributed by atoms with Gasteiger partial charge in [-0.1, -0.05) is 18.2 Å². The van der Waals surface area contributed by atoms with E-state index in [9.17, 15) is 0 Å². The largest absolute Gasteiger partial charge is 0.492 e. The first-order valence-electron chi connectivity index (χ1n) is 10.8. The van der Waals surface area contributed by atoms with Gasteiger partial charge in [-0.05, 0) is 42.8 Å². The molecule has 30 heavy (non-hydrogen) atoms. The van der Waals surface area contributed by atoms with Crippen LogP contribution < -0.4 is 10.1 Å². The maximum absolute atomic E-state index is 8.87. The molecule has 0 spiro atoms. The Hall–Kier alpha value is -2.59. The van der Waals surface area contributed by atoms with E-state index < -0.39 is 0 Å². The highest BCUT2D eigenvalue weighted by molar-refractivity contribution is 5.47. The van der Waals surface area contributed by atoms with Crippen molar-refractivity contribution in [3.05, 3.63) is 60.2 Å². The average Bonchev–Trinajstić information content (AvgIpc) is 2.77. The van der Waals surface area contributed by atoms with Crippen molar-refractivity contribution >= 4 is 5.69 Å². The number of benzene rings is 2. The SMILES string of the molecule is N#Cc1ccc(NCCCN2CC3CN(CCOc4ccccc4)CC(C2)O3)cc1. The Morgan fingerprint density at radius 1 is 0.933 bits per heavy atom. The summed E-state index contributed by atoms with van der Waals surface area (Å²) in [5.74, 6) is 0.937. The molecule has 0 aromatic heterocycles. The summed E-state index contributed by atoms with van der Waals surface area (Å²) in [7, 11) is 0. The van der Waals surface area contributed by atoms with Crippen molar-refractivity contribution in [1.82, 2.24) is 9.80 Å². The minimum atomic E-state index is 0.292. The van der Waals surface area contributed by atoms with Crippen molar-refractivity contribution in [2.24, 2.45) is 0 Å². The quantitative estimate of drug-likeness (QED) is 0.646. The van der Waals surface area contributed by atoms with Gasteiger partial charge in [0.1, 0.15) is 12.4 Å². The highest BCUT2D eigenvalue weighted by Gasteiger charge is 2.34. The second-order valence-electron chi connectivity index (χ2n) is 8.03. The number of hydrogen-bond acceptors (Lipinski definition) is 6. The summed E-state index contributed by atoms with van der Waals surface area (Å²) < 4.78 is 12.0. The van der Waals surface area contributed by atoms with E-state index in [1.165, 1.54) is 0 Å². The number of para-hydroxylation sites is 1. The first-order chi connectivity index (χ1) is 14.8. The summed E-state index contributed by atoms with van der Waals surface area (Å²) in [4.78, 5) is 5.02. The summed E-state index contributed by atoms with van der Waals surface area (Å²) in [6, 6.07) is 19.8. The lowest BCUT2D eigenvalue weighted by Gasteiger charge is -2.45. The van der Waals surface area contributed by atoms with Crippen LogP contribution >= 0.6 is 0 Å². The van der Waals surface area contributed by atoms with Crippen LogP contribution in [0, 0.1) is 11.3 Å². The van der Waals surface area contributed by atoms with Gasteiger partial charge in [-0.3, -0.25) is 9.80 Å². The second kappa shape index (κ2) is 10.4. The molecule has 0 aliphatic carbocycles. The molecule has 2 atom stereocenters. The molecule has 0 amide bonds. The molecule has 2 bridgehead atoms. The zero-order valence-electron chi connectivity index (χ0n) is 17.4. The third kappa shape index (κ3) is 5.96. The molecule has 2 saturated heterocycles. The summed E-state index contributed by atoms with van der Waals surface area (Å²) in [6.45, 7) is 7.64. The first-order valence-corrected chi connectivity index (χ1v) is 10.8. The predicted molar refractivity (Wildman–Crippen MR) is 118 cm³/mol. The van der Waals surface area contributed by atoms with Crippen LogP contribution in [0.1, 0.15) is 12.0 Å². The molecule has 6 heteroatoms. The van der Waals surface area contributed by atoms with Gasteiger partial charge in [0.2, 0.25) is 0 Å². The van der Waals surface area contributed by atoms with Crippen molar-refractivity contribution < 1.29 is 9.47 Å². The fraction of sp³-hybridized carbons (Fsp3) is 0.458. The first kappa shape index (κ1) is 20.7. The maximum atomic E-state index is 8.87. The highest BCUT2D eigenvalue weighted by atomic mass is 16.5. The number of ether oxygens (including phenoxy) is 2. The number of anilines is 1. The van der Waals surface area contributed by atoms with Crippen molar-refractivity contribution in [2.45, 2.75) is 18.6 Å². The Labute approximate surface area is 179 Å². The number of rotatable bonds is 9. The van der Waals surface area contributed by atoms with Gasteiger partial charge in [-0.2, -0.15) is 5.26 Å². The van der Waals surface area contributed by atoms with Gasteiger partial charge in [-0.25, -0.2) is 0 Å². The number of hydrogen-bond donors (Lipinski definition) is 1. The number of fused-ring (bicyclic) bond motifs is 2. The molecule has 158 valence electrons. The van der Waals surface area contributed by atoms with Crippen LogP contribution in [-0.4, -0.2) is 74.4 Å². The third-order valence-electron chi connectivity index (χ3n) is 5.65. The van der Waals surface area contributed by atoms with E-state index in [0.29, 0.717) is 24.4 Å². The zero-order chi connectivity index (χ0) is 20.6. The van der Waals surface area contributed by atoms with E-state index >= 15 is 0 Å². The third-order valence-corrected chi connectivity index (χ3v) is 5.65. The predicted octanol–water partition coefficient (Wildman–Crippen LogP) is 2.82. The Kier molecular flexibility index (Phi) is 7.20. The van der Waals surface area contributed by atoms with E-state index in [-0.39, 0.29) is 0 Å². The van der Waals surface area contributed by atoms with Crippen molar-refractivity contribution in [3.63, 3.8) is 0 Å². The molecule has 2 unspecified atom stereocenters. The van der Waals surface area contributed by atoms with Crippen LogP contribution in [0.5, 0.6) is 5.75 Å². The van der Waals surface area contributed by atoms with Gasteiger partial charge < -0.3 is 14.8 Å². The van der Waals surface area contributed by atoms with Crippen LogP contribution in [0.15, 0.2) is 54.6 Å². The number of nitrogens with one attached hydrogen (secondary N) is 1. The zero-order valence-corrected chi connectivity index (χ0v) is 17.4. The minimum absolute atomic E-state index is 0.292. The summed E-state index contributed by atoms with van der Waals surface area (Å²) in [5, 5.41) is 12.3. The average molecular weight is 407 g/mol. The fourth-order valence-electron chi connectivity index (χ4n) is 4.23. The van der Waals surface area contributed by atoms with Crippen molar-refractivity contribution in [3.8, 4) is 11.8 Å². The van der Waals surface area contributed by atoms with Crippen LogP contribution in [0.3, 0.4) is 0 Å². The van der Waals surface area contributed by atoms with E-state index in [2.05, 4.69) is 21.2 Å². The Bertz CT molecular complexity index is 807. The van der Waals surface area contributed by atoms with Gasteiger partial charge in [0.25, 0.3) is 0 Å². The lowest BCUT2D eigenvalue weighted by atomic mass is 10.1. The van der Waals surface area contributed by atoms with Gasteiger partial charge in [0.05, 0.1) is 23.8 Å². The molecular weight excluding hydrogens is 376 g/mol. The van der Waals surface area contributed by atoms with Crippen molar-refractivity contribution in [1.29, 1.82) is 5.26 Å². The number of nitrogens with zero attached hydrogens (tertiary/aromatic N) is 3. The lowest BCUT2D eigenvalue weighted by molar-refractivity contribution is -0.139. The molecule has 2 aromatic rings. The van der Waals surface area contributed by atoms with Gasteiger partial charge in [0.15, 0.2) is 0 Å². The normalized spacial score (nSPS) is 21.7. The molecule has 2 heterocycles. The Morgan fingerprint density at radius 2 is 1.60 bits per heavy atom. The lowest BCUT2D eigenvalue weighted by Crippen LogP contribution is -2.60. The molecule has 2 fully saturated rings. The van der Waals surface area contributed by atoms with Crippen LogP contribution in [0.4, 0.5) is 5.69 Å². The fourth-order valence-corrected chi connectivity index (χ4v) is 4.23. The summed E-state index contributed by atoms with van der Waals surface area (Å²) in [5.41, 5.74) is 1.77. The smallest absolute Gasteiger partial charge is 0.119 e. The molecule has 2 aliphatic rings. The highest BCUT2D eigenvalue weighted by Crippen LogP contribution is 2.19. The molecule has 2 aliphatic heterocycles. The molecule has 0 radical (unpaired) electrons. The van der Waals surface area contributed by atoms with E-state index in [0.717, 1.165) is 63.7 Å². The van der Waals surface area contributed by atoms with Gasteiger partial charge in [-0.15, -0.1) is 0 Å². The molecule has 2 aromatic carbocycles. The minimum Gasteiger partial charge on any atom is -0.492 e. The molecule has 6 nitrogen and oxygen atoms in total. The van der Waals surface area contributed by atoms with Gasteiger partial charge >= 0.3 is 0 Å². The monoisotopic (exact) mass is 406 g/mol. The van der Waals surface area contributed by atoms with Crippen molar-refractivity contribution in [2.75, 3.05) is 57.7 Å². The van der Waals surface area contributed by atoms with E-state index in [1.54, 1.807) is 0 Å². The number of nitriles is 1. The van der Waals surface area contributed by atoms with E-state index in [1.807, 2.05) is 54.6 Å². The number of morpholine rings is 2. The van der Waals surface area contributed by atoms with E-state index in [4.69, 9.17) is 14.7 Å². The molecule has 1 N–H and O–H groups in total. The summed E-state index contributed by atoms with van der Waals surface area (Å²) in [6.07, 6.45) is 1.68. The van der Waals surface area contributed by atoms with Crippen LogP contribution in [-0.2, 0) is 4.74 Å². The molecule has 4 rings (SSSR count). The Balaban J connectivity index is 1.13. The molecule has 0 saturated carbocycles. The van der Waals surface area contributed by atoms with Crippen LogP contribution in [0.2, 0.25) is 0 Å². The molecular formula is C24H30N4O2. The maximum Gasteiger partial charge on any atom is 0.119 e. The standard InChI is InChI=1S/C24H30N4O2/c25-15-20-7-9-21(10-8-20)26-11-4-12-27-16-23-18-28(19-24(17-27)30-23)13-14-29-22-5-2-1-3-6-22/h1-3,5-10,23-24,26H,4,11-14,16-19H2. The van der Waals surface area contributed by atoms with Gasteiger partial charge in [0, 0.05) is 51.5 Å². The Morgan fingerprint density at radius 3 is 2.27 bits per heavy atom. The van der Waals surface area contributed by atoms with Crippen LogP contribution in [0.25, 0.3) is 0 Å². The topological polar surface area (TPSA) is 60.8 Å².